The molecule has 0 saturated heterocycles. The molecule has 38 heavy (non-hydrogen) atoms. The second kappa shape index (κ2) is 9.88. The van der Waals surface area contributed by atoms with Gasteiger partial charge in [-0.2, -0.15) is 4.98 Å². The zero-order chi connectivity index (χ0) is 27.0. The summed E-state index contributed by atoms with van der Waals surface area (Å²) in [5.74, 6) is -0.676. The molecule has 9 nitrogen and oxygen atoms in total. The minimum absolute atomic E-state index is 0.0878. The lowest BCUT2D eigenvalue weighted by Gasteiger charge is -2.17. The van der Waals surface area contributed by atoms with E-state index in [9.17, 15) is 23.1 Å². The number of rotatable bonds is 7. The number of aryl methyl sites for hydroxylation is 1. The van der Waals surface area contributed by atoms with Crippen molar-refractivity contribution in [2.24, 2.45) is 0 Å². The van der Waals surface area contributed by atoms with Gasteiger partial charge in [0.2, 0.25) is 5.95 Å². The molecule has 3 heterocycles. The van der Waals surface area contributed by atoms with Crippen molar-refractivity contribution in [2.75, 3.05) is 11.9 Å². The van der Waals surface area contributed by atoms with Crippen LogP contribution in [-0.2, 0) is 0 Å². The Labute approximate surface area is 218 Å². The third-order valence-electron chi connectivity index (χ3n) is 5.64. The van der Waals surface area contributed by atoms with Gasteiger partial charge < -0.3 is 29.8 Å². The van der Waals surface area contributed by atoms with E-state index in [-0.39, 0.29) is 28.0 Å². The van der Waals surface area contributed by atoms with Crippen LogP contribution in [0.15, 0.2) is 61.1 Å². The van der Waals surface area contributed by atoms with Crippen LogP contribution in [0.5, 0.6) is 11.5 Å². The number of hydrogen-bond donors (Lipinski definition) is 3. The van der Waals surface area contributed by atoms with Crippen molar-refractivity contribution in [3.05, 3.63) is 88.6 Å². The van der Waals surface area contributed by atoms with E-state index >= 15 is 0 Å². The highest BCUT2D eigenvalue weighted by Crippen LogP contribution is 2.42. The van der Waals surface area contributed by atoms with E-state index < -0.39 is 30.7 Å². The number of aromatic nitrogens is 3. The van der Waals surface area contributed by atoms with E-state index in [1.54, 1.807) is 36.1 Å². The van der Waals surface area contributed by atoms with Gasteiger partial charge in [-0.15, -0.1) is 8.78 Å². The maximum absolute atomic E-state index is 13.5. The first-order valence-electron chi connectivity index (χ1n) is 11.2. The van der Waals surface area contributed by atoms with Crippen LogP contribution in [0, 0.1) is 12.7 Å². The van der Waals surface area contributed by atoms with Crippen LogP contribution in [0.1, 0.15) is 27.5 Å². The minimum Gasteiger partial charge on any atom is -0.395 e. The first kappa shape index (κ1) is 25.4. The Morgan fingerprint density at radius 1 is 1.18 bits per heavy atom. The van der Waals surface area contributed by atoms with Crippen LogP contribution in [0.4, 0.5) is 24.8 Å². The van der Waals surface area contributed by atoms with Crippen LogP contribution in [0.2, 0.25) is 5.02 Å². The Bertz CT molecular complexity index is 1530. The average molecular weight is 546 g/mol. The molecule has 13 heteroatoms. The summed E-state index contributed by atoms with van der Waals surface area (Å²) in [6, 6.07) is 8.87. The Kier molecular flexibility index (Phi) is 6.59. The quantitative estimate of drug-likeness (QED) is 0.303. The van der Waals surface area contributed by atoms with Crippen molar-refractivity contribution in [1.29, 1.82) is 0 Å². The monoisotopic (exact) mass is 545 g/mol. The largest absolute Gasteiger partial charge is 0.586 e. The van der Waals surface area contributed by atoms with Crippen LogP contribution in [-0.4, -0.2) is 38.5 Å². The van der Waals surface area contributed by atoms with Crippen molar-refractivity contribution in [2.45, 2.75) is 19.3 Å². The summed E-state index contributed by atoms with van der Waals surface area (Å²) in [4.78, 5) is 21.5. The summed E-state index contributed by atoms with van der Waals surface area (Å²) in [5, 5.41) is 15.2. The second-order valence-corrected chi connectivity index (χ2v) is 8.75. The molecule has 0 fully saturated rings. The zero-order valence-electron chi connectivity index (χ0n) is 19.6. The lowest BCUT2D eigenvalue weighted by Crippen LogP contribution is -2.30. The summed E-state index contributed by atoms with van der Waals surface area (Å²) in [7, 11) is 0. The molecule has 1 atom stereocenters. The van der Waals surface area contributed by atoms with Gasteiger partial charge in [0.15, 0.2) is 11.5 Å². The fourth-order valence-corrected chi connectivity index (χ4v) is 3.97. The highest BCUT2D eigenvalue weighted by molar-refractivity contribution is 6.30. The number of nitrogens with one attached hydrogen (secondary N) is 2. The maximum atomic E-state index is 13.5. The molecule has 2 aromatic heterocycles. The number of ether oxygens (including phenoxy) is 2. The van der Waals surface area contributed by atoms with E-state index in [0.29, 0.717) is 22.6 Å². The molecule has 0 bridgehead atoms. The van der Waals surface area contributed by atoms with E-state index in [2.05, 4.69) is 30.1 Å². The first-order chi connectivity index (χ1) is 18.1. The number of aliphatic hydroxyl groups excluding tert-OH is 1. The molecular formula is C25H19ClF3N5O4. The minimum atomic E-state index is -3.73. The number of nitrogens with zero attached hydrogens (tertiary/aromatic N) is 3. The molecule has 2 aromatic carbocycles. The third kappa shape index (κ3) is 5.22. The number of alkyl halides is 2. The summed E-state index contributed by atoms with van der Waals surface area (Å²) in [5.41, 5.74) is 1.81. The Hall–Kier alpha value is -4.29. The predicted octanol–water partition coefficient (Wildman–Crippen LogP) is 4.90. The van der Waals surface area contributed by atoms with Crippen molar-refractivity contribution >= 4 is 29.1 Å². The van der Waals surface area contributed by atoms with Gasteiger partial charge >= 0.3 is 6.29 Å². The van der Waals surface area contributed by atoms with E-state index in [0.717, 1.165) is 6.07 Å². The molecule has 1 unspecified atom stereocenters. The third-order valence-corrected chi connectivity index (χ3v) is 5.93. The topological polar surface area (TPSA) is 111 Å². The van der Waals surface area contributed by atoms with Gasteiger partial charge in [-0.25, -0.2) is 9.37 Å². The molecule has 1 amide bonds. The first-order valence-corrected chi connectivity index (χ1v) is 11.6. The van der Waals surface area contributed by atoms with Gasteiger partial charge in [0.25, 0.3) is 5.91 Å². The van der Waals surface area contributed by atoms with Crippen molar-refractivity contribution in [1.82, 2.24) is 19.9 Å². The van der Waals surface area contributed by atoms with Crippen LogP contribution >= 0.6 is 11.6 Å². The van der Waals surface area contributed by atoms with Gasteiger partial charge in [0.05, 0.1) is 23.2 Å². The number of benzene rings is 2. The molecule has 5 rings (SSSR count). The molecule has 1 aliphatic rings. The fraction of sp³-hybridized carbons (Fsp3) is 0.160. The number of halogens is 4. The highest BCUT2D eigenvalue weighted by Gasteiger charge is 2.43. The fourth-order valence-electron chi connectivity index (χ4n) is 3.78. The van der Waals surface area contributed by atoms with E-state index in [1.807, 2.05) is 0 Å². The normalized spacial score (nSPS) is 14.3. The van der Waals surface area contributed by atoms with Crippen LogP contribution in [0.25, 0.3) is 5.82 Å². The Balaban J connectivity index is 1.32. The number of aliphatic hydroxyl groups is 1. The summed E-state index contributed by atoms with van der Waals surface area (Å²) in [6.07, 6.45) is 1.00. The maximum Gasteiger partial charge on any atom is 0.586 e. The molecule has 0 spiro atoms. The number of carbonyl (C=O) groups is 1. The van der Waals surface area contributed by atoms with Gasteiger partial charge in [-0.1, -0.05) is 17.7 Å². The molecule has 196 valence electrons. The van der Waals surface area contributed by atoms with Crippen molar-refractivity contribution < 1.29 is 32.5 Å². The lowest BCUT2D eigenvalue weighted by molar-refractivity contribution is -0.286. The lowest BCUT2D eigenvalue weighted by atomic mass is 10.1. The van der Waals surface area contributed by atoms with Crippen LogP contribution in [0.3, 0.4) is 0 Å². The van der Waals surface area contributed by atoms with Gasteiger partial charge in [0, 0.05) is 35.9 Å². The van der Waals surface area contributed by atoms with E-state index in [4.69, 9.17) is 11.6 Å². The summed E-state index contributed by atoms with van der Waals surface area (Å²) >= 11 is 5.82. The van der Waals surface area contributed by atoms with Gasteiger partial charge in [-0.05, 0) is 42.8 Å². The molecule has 3 N–H and O–H groups in total. The highest BCUT2D eigenvalue weighted by atomic mass is 35.5. The van der Waals surface area contributed by atoms with Crippen LogP contribution < -0.4 is 20.1 Å². The molecule has 0 radical (unpaired) electrons. The Morgan fingerprint density at radius 2 is 1.97 bits per heavy atom. The zero-order valence-corrected chi connectivity index (χ0v) is 20.3. The molecular weight excluding hydrogens is 527 g/mol. The smallest absolute Gasteiger partial charge is 0.395 e. The number of anilines is 2. The van der Waals surface area contributed by atoms with Gasteiger partial charge in [-0.3, -0.25) is 4.79 Å². The van der Waals surface area contributed by atoms with Crippen molar-refractivity contribution in [3.8, 4) is 17.3 Å². The average Bonchev–Trinajstić information content (AvgIpc) is 3.48. The molecule has 1 aliphatic heterocycles. The standard InChI is InChI=1S/C25H19ClF3N5O4/c1-13-10-30-24(31-16-3-5-20-21(9-16)38-25(28,29)37-20)33-22(13)34-7-6-15(11-34)23(36)32-19(12-35)14-2-4-18(27)17(26)8-14/h2-11,19,35H,12H2,1H3,(H,32,36)(H,30,31,33). The molecule has 0 aliphatic carbocycles. The molecule has 4 aromatic rings. The number of amides is 1. The van der Waals surface area contributed by atoms with Crippen molar-refractivity contribution in [3.63, 3.8) is 0 Å². The molecule has 0 saturated carbocycles. The van der Waals surface area contributed by atoms with Gasteiger partial charge in [0.1, 0.15) is 11.6 Å². The predicted molar refractivity (Wildman–Crippen MR) is 131 cm³/mol. The number of carbonyl (C=O) groups excluding carboxylic acids is 1. The Morgan fingerprint density at radius 3 is 2.74 bits per heavy atom. The second-order valence-electron chi connectivity index (χ2n) is 8.34. The number of fused-ring (bicyclic) bond motifs is 1. The van der Waals surface area contributed by atoms with E-state index in [1.165, 1.54) is 30.3 Å². The summed E-state index contributed by atoms with van der Waals surface area (Å²) < 4.78 is 50.5. The summed E-state index contributed by atoms with van der Waals surface area (Å²) in [6.45, 7) is 1.35. The SMILES string of the molecule is Cc1cnc(Nc2ccc3c(c2)OC(F)(F)O3)nc1-n1ccc(C(=O)NC(CO)c2ccc(F)c(Cl)c2)c1. The number of hydrogen-bond acceptors (Lipinski definition) is 7.